The number of nitrogens with zero attached hydrogens (tertiary/aromatic N) is 1. The fourth-order valence-corrected chi connectivity index (χ4v) is 2.89. The molecule has 0 saturated carbocycles. The summed E-state index contributed by atoms with van der Waals surface area (Å²) in [5.41, 5.74) is 1.61. The highest BCUT2D eigenvalue weighted by Gasteiger charge is 2.10. The van der Waals surface area contributed by atoms with Gasteiger partial charge in [0.25, 0.3) is 0 Å². The average molecular weight is 341 g/mol. The molecule has 0 saturated heterocycles. The second kappa shape index (κ2) is 7.07. The van der Waals surface area contributed by atoms with Crippen LogP contribution in [0, 0.1) is 6.92 Å². The minimum Gasteiger partial charge on any atom is -0.344 e. The SMILES string of the molecule is Cc1nc(C(C)NC(=O)/C=C/c2ccc(Cl)cc2Cl)cs1. The monoisotopic (exact) mass is 340 g/mol. The molecule has 1 atom stereocenters. The highest BCUT2D eigenvalue weighted by Crippen LogP contribution is 2.22. The molecule has 0 bridgehead atoms. The molecule has 0 fully saturated rings. The molecule has 1 unspecified atom stereocenters. The van der Waals surface area contributed by atoms with Gasteiger partial charge in [0.2, 0.25) is 5.91 Å². The van der Waals surface area contributed by atoms with Crippen LogP contribution < -0.4 is 5.32 Å². The summed E-state index contributed by atoms with van der Waals surface area (Å²) in [7, 11) is 0. The lowest BCUT2D eigenvalue weighted by Gasteiger charge is -2.09. The van der Waals surface area contributed by atoms with Gasteiger partial charge in [-0.2, -0.15) is 0 Å². The fraction of sp³-hybridized carbons (Fsp3) is 0.200. The third-order valence-corrected chi connectivity index (χ3v) is 4.17. The number of aryl methyl sites for hydroxylation is 1. The third-order valence-electron chi connectivity index (χ3n) is 2.82. The Bertz CT molecular complexity index is 682. The van der Waals surface area contributed by atoms with Crippen molar-refractivity contribution in [2.24, 2.45) is 0 Å². The van der Waals surface area contributed by atoms with E-state index in [1.54, 1.807) is 35.6 Å². The second-order valence-corrected chi connectivity index (χ2v) is 6.43. The van der Waals surface area contributed by atoms with Crippen molar-refractivity contribution in [3.05, 3.63) is 56.0 Å². The summed E-state index contributed by atoms with van der Waals surface area (Å²) < 4.78 is 0. The minimum atomic E-state index is -0.195. The smallest absolute Gasteiger partial charge is 0.244 e. The van der Waals surface area contributed by atoms with E-state index in [9.17, 15) is 4.79 Å². The molecule has 1 aromatic carbocycles. The van der Waals surface area contributed by atoms with Crippen LogP contribution in [-0.2, 0) is 4.79 Å². The van der Waals surface area contributed by atoms with Crippen molar-refractivity contribution < 1.29 is 4.79 Å². The van der Waals surface area contributed by atoms with E-state index in [0.717, 1.165) is 16.3 Å². The fourth-order valence-electron chi connectivity index (χ4n) is 1.72. The quantitative estimate of drug-likeness (QED) is 0.823. The Morgan fingerprint density at radius 2 is 2.19 bits per heavy atom. The molecule has 0 aliphatic rings. The molecule has 1 heterocycles. The Balaban J connectivity index is 1.99. The number of hydrogen-bond donors (Lipinski definition) is 1. The lowest BCUT2D eigenvalue weighted by Crippen LogP contribution is -2.24. The van der Waals surface area contributed by atoms with Gasteiger partial charge in [-0.05, 0) is 37.6 Å². The number of amides is 1. The van der Waals surface area contributed by atoms with E-state index in [1.807, 2.05) is 19.2 Å². The van der Waals surface area contributed by atoms with Crippen LogP contribution in [-0.4, -0.2) is 10.9 Å². The van der Waals surface area contributed by atoms with Crippen molar-refractivity contribution in [3.8, 4) is 0 Å². The normalized spacial score (nSPS) is 12.6. The van der Waals surface area contributed by atoms with Gasteiger partial charge < -0.3 is 5.32 Å². The number of carbonyl (C=O) groups is 1. The van der Waals surface area contributed by atoms with E-state index in [1.165, 1.54) is 6.08 Å². The Morgan fingerprint density at radius 3 is 2.81 bits per heavy atom. The number of aromatic nitrogens is 1. The molecule has 0 spiro atoms. The molecule has 21 heavy (non-hydrogen) atoms. The highest BCUT2D eigenvalue weighted by atomic mass is 35.5. The summed E-state index contributed by atoms with van der Waals surface area (Å²) >= 11 is 13.4. The van der Waals surface area contributed by atoms with Crippen LogP contribution in [0.15, 0.2) is 29.7 Å². The van der Waals surface area contributed by atoms with Gasteiger partial charge in [0.1, 0.15) is 0 Å². The van der Waals surface area contributed by atoms with Crippen molar-refractivity contribution in [2.75, 3.05) is 0 Å². The lowest BCUT2D eigenvalue weighted by molar-refractivity contribution is -0.117. The van der Waals surface area contributed by atoms with Gasteiger partial charge in [0.05, 0.1) is 16.7 Å². The zero-order valence-electron chi connectivity index (χ0n) is 11.6. The molecule has 0 aliphatic heterocycles. The predicted molar refractivity (Wildman–Crippen MR) is 88.9 cm³/mol. The molecular formula is C15H14Cl2N2OS. The molecular weight excluding hydrogens is 327 g/mol. The van der Waals surface area contributed by atoms with Gasteiger partial charge >= 0.3 is 0 Å². The zero-order valence-corrected chi connectivity index (χ0v) is 13.9. The molecule has 6 heteroatoms. The molecule has 2 rings (SSSR count). The Morgan fingerprint density at radius 1 is 1.43 bits per heavy atom. The first-order chi connectivity index (χ1) is 9.95. The molecule has 0 aliphatic carbocycles. The predicted octanol–water partition coefficient (Wildman–Crippen LogP) is 4.65. The van der Waals surface area contributed by atoms with Gasteiger partial charge in [-0.25, -0.2) is 4.98 Å². The topological polar surface area (TPSA) is 42.0 Å². The number of thiazole rings is 1. The first-order valence-corrected chi connectivity index (χ1v) is 7.95. The molecule has 110 valence electrons. The maximum atomic E-state index is 11.9. The summed E-state index contributed by atoms with van der Waals surface area (Å²) in [6.07, 6.45) is 3.11. The summed E-state index contributed by atoms with van der Waals surface area (Å²) in [6, 6.07) is 5.00. The lowest BCUT2D eigenvalue weighted by atomic mass is 10.2. The molecule has 3 nitrogen and oxygen atoms in total. The first kappa shape index (κ1) is 16.0. The molecule has 1 amide bonds. The van der Waals surface area contributed by atoms with Crippen molar-refractivity contribution in [1.82, 2.24) is 10.3 Å². The number of benzene rings is 1. The highest BCUT2D eigenvalue weighted by molar-refractivity contribution is 7.09. The molecule has 1 N–H and O–H groups in total. The number of hydrogen-bond acceptors (Lipinski definition) is 3. The number of carbonyl (C=O) groups excluding carboxylic acids is 1. The molecule has 2 aromatic rings. The summed E-state index contributed by atoms with van der Waals surface area (Å²) in [5.74, 6) is -0.195. The summed E-state index contributed by atoms with van der Waals surface area (Å²) in [5, 5.41) is 6.86. The summed E-state index contributed by atoms with van der Waals surface area (Å²) in [4.78, 5) is 16.2. The van der Waals surface area contributed by atoms with E-state index >= 15 is 0 Å². The van der Waals surface area contributed by atoms with E-state index in [0.29, 0.717) is 10.0 Å². The van der Waals surface area contributed by atoms with Crippen LogP contribution in [0.3, 0.4) is 0 Å². The van der Waals surface area contributed by atoms with Crippen molar-refractivity contribution in [1.29, 1.82) is 0 Å². The Labute approximate surface area is 137 Å². The van der Waals surface area contributed by atoms with E-state index in [4.69, 9.17) is 23.2 Å². The van der Waals surface area contributed by atoms with E-state index in [-0.39, 0.29) is 11.9 Å². The zero-order chi connectivity index (χ0) is 15.4. The van der Waals surface area contributed by atoms with Crippen LogP contribution in [0.4, 0.5) is 0 Å². The second-order valence-electron chi connectivity index (χ2n) is 4.52. The van der Waals surface area contributed by atoms with Gasteiger partial charge in [-0.3, -0.25) is 4.79 Å². The summed E-state index contributed by atoms with van der Waals surface area (Å²) in [6.45, 7) is 3.83. The van der Waals surface area contributed by atoms with Crippen LogP contribution in [0.1, 0.15) is 29.2 Å². The van der Waals surface area contributed by atoms with Gasteiger partial charge in [-0.1, -0.05) is 29.3 Å². The standard InChI is InChI=1S/C15H14Cl2N2OS/c1-9(14-8-21-10(2)19-14)18-15(20)6-4-11-3-5-12(16)7-13(11)17/h3-9H,1-2H3,(H,18,20)/b6-4+. The van der Waals surface area contributed by atoms with Gasteiger partial charge in [0.15, 0.2) is 0 Å². The van der Waals surface area contributed by atoms with Crippen LogP contribution >= 0.6 is 34.5 Å². The largest absolute Gasteiger partial charge is 0.344 e. The number of nitrogens with one attached hydrogen (secondary N) is 1. The average Bonchev–Trinajstić information content (AvgIpc) is 2.84. The maximum Gasteiger partial charge on any atom is 0.244 e. The Kier molecular flexibility index (Phi) is 5.39. The van der Waals surface area contributed by atoms with Crippen molar-refractivity contribution >= 4 is 46.5 Å². The number of rotatable bonds is 4. The van der Waals surface area contributed by atoms with Crippen LogP contribution in [0.2, 0.25) is 10.0 Å². The Hall–Kier alpha value is -1.36. The molecule has 0 radical (unpaired) electrons. The van der Waals surface area contributed by atoms with Crippen LogP contribution in [0.25, 0.3) is 6.08 Å². The minimum absolute atomic E-state index is 0.132. The van der Waals surface area contributed by atoms with Crippen molar-refractivity contribution in [3.63, 3.8) is 0 Å². The first-order valence-electron chi connectivity index (χ1n) is 6.31. The van der Waals surface area contributed by atoms with E-state index in [2.05, 4.69) is 10.3 Å². The number of halogens is 2. The molecule has 1 aromatic heterocycles. The van der Waals surface area contributed by atoms with E-state index < -0.39 is 0 Å². The van der Waals surface area contributed by atoms with Crippen molar-refractivity contribution in [2.45, 2.75) is 19.9 Å². The van der Waals surface area contributed by atoms with Crippen LogP contribution in [0.5, 0.6) is 0 Å². The third kappa shape index (κ3) is 4.56. The van der Waals surface area contributed by atoms with Gasteiger partial charge in [-0.15, -0.1) is 11.3 Å². The maximum absolute atomic E-state index is 11.9. The van der Waals surface area contributed by atoms with Gasteiger partial charge in [0, 0.05) is 21.5 Å².